The van der Waals surface area contributed by atoms with Gasteiger partial charge in [0.2, 0.25) is 5.91 Å². The Kier molecular flexibility index (Phi) is 7.69. The maximum atomic E-state index is 13.5. The molecule has 0 saturated carbocycles. The molecule has 0 N–H and O–H groups in total. The first-order valence-corrected chi connectivity index (χ1v) is 10.7. The number of benzene rings is 2. The molecular formula is C26H32N2O. The number of unbranched alkanes of at least 4 members (excludes halogenated alkanes) is 1. The van der Waals surface area contributed by atoms with E-state index in [9.17, 15) is 4.79 Å². The molecule has 1 aromatic heterocycles. The minimum absolute atomic E-state index is 0.0782. The van der Waals surface area contributed by atoms with Crippen molar-refractivity contribution in [3.05, 3.63) is 95.8 Å². The minimum Gasteiger partial charge on any atom is -0.345 e. The quantitative estimate of drug-likeness (QED) is 0.427. The molecule has 0 aliphatic carbocycles. The molecule has 0 fully saturated rings. The molecule has 0 radical (unpaired) electrons. The highest BCUT2D eigenvalue weighted by molar-refractivity contribution is 5.83. The Labute approximate surface area is 175 Å². The van der Waals surface area contributed by atoms with Crippen LogP contribution in [0.1, 0.15) is 55.8 Å². The third-order valence-electron chi connectivity index (χ3n) is 5.47. The second kappa shape index (κ2) is 10.7. The molecule has 0 saturated heterocycles. The lowest BCUT2D eigenvalue weighted by molar-refractivity contribution is -0.133. The first kappa shape index (κ1) is 20.9. The largest absolute Gasteiger partial charge is 0.345 e. The highest BCUT2D eigenvalue weighted by Crippen LogP contribution is 2.23. The molecule has 2 aromatic carbocycles. The van der Waals surface area contributed by atoms with Crippen LogP contribution in [-0.4, -0.2) is 21.9 Å². The third kappa shape index (κ3) is 5.60. The minimum atomic E-state index is -0.0782. The number of carbonyl (C=O) groups excluding carboxylic acids is 1. The lowest BCUT2D eigenvalue weighted by atomic mass is 9.95. The zero-order valence-electron chi connectivity index (χ0n) is 17.6. The molecule has 0 bridgehead atoms. The van der Waals surface area contributed by atoms with Crippen LogP contribution in [0.15, 0.2) is 79.0 Å². The van der Waals surface area contributed by atoms with Crippen LogP contribution in [0.2, 0.25) is 0 Å². The molecule has 3 heteroatoms. The van der Waals surface area contributed by atoms with Gasteiger partial charge in [-0.25, -0.2) is 0 Å². The smallest absolute Gasteiger partial charge is 0.230 e. The van der Waals surface area contributed by atoms with Crippen molar-refractivity contribution in [3.8, 4) is 0 Å². The SMILES string of the molecule is CCCCN(Cc1cccn1Cc1ccccc1)C(=O)[C@H](CC)c1ccccc1. The fourth-order valence-electron chi connectivity index (χ4n) is 3.80. The molecule has 29 heavy (non-hydrogen) atoms. The summed E-state index contributed by atoms with van der Waals surface area (Å²) in [6, 6.07) is 24.9. The Hall–Kier alpha value is -2.81. The Morgan fingerprint density at radius 1 is 0.931 bits per heavy atom. The van der Waals surface area contributed by atoms with Crippen LogP contribution in [0.25, 0.3) is 0 Å². The highest BCUT2D eigenvalue weighted by Gasteiger charge is 2.24. The number of carbonyl (C=O) groups is 1. The van der Waals surface area contributed by atoms with Crippen LogP contribution in [0.4, 0.5) is 0 Å². The van der Waals surface area contributed by atoms with Gasteiger partial charge in [-0.05, 0) is 36.1 Å². The van der Waals surface area contributed by atoms with Crippen LogP contribution < -0.4 is 0 Å². The van der Waals surface area contributed by atoms with Crippen LogP contribution in [0.5, 0.6) is 0 Å². The average Bonchev–Trinajstić information content (AvgIpc) is 3.19. The van der Waals surface area contributed by atoms with E-state index in [0.717, 1.165) is 37.9 Å². The van der Waals surface area contributed by atoms with E-state index in [4.69, 9.17) is 0 Å². The maximum Gasteiger partial charge on any atom is 0.230 e. The standard InChI is InChI=1S/C26H32N2O/c1-3-5-18-28(26(29)25(4-2)23-15-10-7-11-16-23)21-24-17-12-19-27(24)20-22-13-8-6-9-14-22/h6-17,19,25H,3-5,18,20-21H2,1-2H3/t25-/m1/s1. The van der Waals surface area contributed by atoms with Gasteiger partial charge in [0, 0.05) is 25.0 Å². The second-order valence-electron chi connectivity index (χ2n) is 7.60. The normalized spacial score (nSPS) is 11.9. The Bertz CT molecular complexity index is 870. The highest BCUT2D eigenvalue weighted by atomic mass is 16.2. The average molecular weight is 389 g/mol. The molecule has 1 heterocycles. The van der Waals surface area contributed by atoms with Gasteiger partial charge >= 0.3 is 0 Å². The molecule has 3 aromatic rings. The van der Waals surface area contributed by atoms with Crippen molar-refractivity contribution in [2.45, 2.75) is 52.1 Å². The summed E-state index contributed by atoms with van der Waals surface area (Å²) < 4.78 is 2.25. The van der Waals surface area contributed by atoms with E-state index >= 15 is 0 Å². The van der Waals surface area contributed by atoms with Gasteiger partial charge < -0.3 is 9.47 Å². The summed E-state index contributed by atoms with van der Waals surface area (Å²) in [5.74, 6) is 0.158. The van der Waals surface area contributed by atoms with Gasteiger partial charge in [-0.2, -0.15) is 0 Å². The second-order valence-corrected chi connectivity index (χ2v) is 7.60. The monoisotopic (exact) mass is 388 g/mol. The van der Waals surface area contributed by atoms with E-state index < -0.39 is 0 Å². The number of hydrogen-bond acceptors (Lipinski definition) is 1. The maximum absolute atomic E-state index is 13.5. The first-order valence-electron chi connectivity index (χ1n) is 10.7. The van der Waals surface area contributed by atoms with Gasteiger partial charge in [0.1, 0.15) is 0 Å². The summed E-state index contributed by atoms with van der Waals surface area (Å²) in [4.78, 5) is 15.6. The van der Waals surface area contributed by atoms with E-state index in [-0.39, 0.29) is 11.8 Å². The van der Waals surface area contributed by atoms with Gasteiger partial charge in [-0.3, -0.25) is 4.79 Å². The van der Waals surface area contributed by atoms with Crippen LogP contribution in [-0.2, 0) is 17.9 Å². The number of nitrogens with zero attached hydrogens (tertiary/aromatic N) is 2. The van der Waals surface area contributed by atoms with Crippen LogP contribution in [0.3, 0.4) is 0 Å². The van der Waals surface area contributed by atoms with Crippen molar-refractivity contribution in [2.75, 3.05) is 6.54 Å². The molecule has 0 unspecified atom stereocenters. The van der Waals surface area contributed by atoms with Crippen LogP contribution >= 0.6 is 0 Å². The summed E-state index contributed by atoms with van der Waals surface area (Å²) in [6.45, 7) is 6.56. The first-order chi connectivity index (χ1) is 14.2. The summed E-state index contributed by atoms with van der Waals surface area (Å²) in [5.41, 5.74) is 3.56. The molecule has 3 nitrogen and oxygen atoms in total. The lowest BCUT2D eigenvalue weighted by Crippen LogP contribution is -2.36. The number of hydrogen-bond donors (Lipinski definition) is 0. The summed E-state index contributed by atoms with van der Waals surface area (Å²) in [6.07, 6.45) is 5.03. The number of rotatable bonds is 10. The molecule has 0 aliphatic rings. The molecule has 0 spiro atoms. The van der Waals surface area contributed by atoms with E-state index in [1.807, 2.05) is 24.3 Å². The van der Waals surface area contributed by atoms with Gasteiger partial charge in [0.05, 0.1) is 12.5 Å². The summed E-state index contributed by atoms with van der Waals surface area (Å²) in [7, 11) is 0. The molecule has 1 amide bonds. The predicted molar refractivity (Wildman–Crippen MR) is 120 cm³/mol. The summed E-state index contributed by atoms with van der Waals surface area (Å²) >= 11 is 0. The van der Waals surface area contributed by atoms with Crippen molar-refractivity contribution in [1.29, 1.82) is 0 Å². The van der Waals surface area contributed by atoms with Crippen molar-refractivity contribution in [3.63, 3.8) is 0 Å². The predicted octanol–water partition coefficient (Wildman–Crippen LogP) is 5.86. The number of amides is 1. The van der Waals surface area contributed by atoms with Gasteiger partial charge in [-0.15, -0.1) is 0 Å². The lowest BCUT2D eigenvalue weighted by Gasteiger charge is -2.28. The Morgan fingerprint density at radius 3 is 2.28 bits per heavy atom. The molecule has 3 rings (SSSR count). The van der Waals surface area contributed by atoms with E-state index in [1.54, 1.807) is 0 Å². The summed E-state index contributed by atoms with van der Waals surface area (Å²) in [5, 5.41) is 0. The fourth-order valence-corrected chi connectivity index (χ4v) is 3.80. The van der Waals surface area contributed by atoms with Gasteiger partial charge in [0.15, 0.2) is 0 Å². The Morgan fingerprint density at radius 2 is 1.62 bits per heavy atom. The van der Waals surface area contributed by atoms with Crippen molar-refractivity contribution < 1.29 is 4.79 Å². The molecule has 0 aliphatic heterocycles. The Balaban J connectivity index is 1.79. The van der Waals surface area contributed by atoms with E-state index in [1.165, 1.54) is 11.3 Å². The fraction of sp³-hybridized carbons (Fsp3) is 0.346. The van der Waals surface area contributed by atoms with Crippen molar-refractivity contribution in [1.82, 2.24) is 9.47 Å². The van der Waals surface area contributed by atoms with Crippen LogP contribution in [0, 0.1) is 0 Å². The third-order valence-corrected chi connectivity index (χ3v) is 5.47. The zero-order valence-corrected chi connectivity index (χ0v) is 17.6. The van der Waals surface area contributed by atoms with Crippen molar-refractivity contribution in [2.24, 2.45) is 0 Å². The zero-order chi connectivity index (χ0) is 20.5. The number of aromatic nitrogens is 1. The van der Waals surface area contributed by atoms with E-state index in [0.29, 0.717) is 6.54 Å². The topological polar surface area (TPSA) is 25.2 Å². The molecule has 152 valence electrons. The van der Waals surface area contributed by atoms with E-state index in [2.05, 4.69) is 78.0 Å². The van der Waals surface area contributed by atoms with Crippen molar-refractivity contribution >= 4 is 5.91 Å². The molecular weight excluding hydrogens is 356 g/mol. The van der Waals surface area contributed by atoms with Gasteiger partial charge in [0.25, 0.3) is 0 Å². The van der Waals surface area contributed by atoms with Gasteiger partial charge in [-0.1, -0.05) is 80.9 Å². The molecule has 1 atom stereocenters.